The van der Waals surface area contributed by atoms with Gasteiger partial charge in [-0.3, -0.25) is 0 Å². The summed E-state index contributed by atoms with van der Waals surface area (Å²) in [7, 11) is 0. The molecule has 1 heterocycles. The van der Waals surface area contributed by atoms with E-state index in [1.165, 1.54) is 18.4 Å². The number of nitrogens with one attached hydrogen (secondary N) is 1. The summed E-state index contributed by atoms with van der Waals surface area (Å²) in [5.41, 5.74) is 3.61. The van der Waals surface area contributed by atoms with Gasteiger partial charge in [-0.1, -0.05) is 30.7 Å². The van der Waals surface area contributed by atoms with Gasteiger partial charge < -0.3 is 5.32 Å². The normalized spacial score (nSPS) is 11.8. The van der Waals surface area contributed by atoms with Crippen molar-refractivity contribution in [3.8, 4) is 5.69 Å². The molecule has 1 aromatic heterocycles. The summed E-state index contributed by atoms with van der Waals surface area (Å²) in [6, 6.07) is 8.63. The molecule has 0 aliphatic heterocycles. The summed E-state index contributed by atoms with van der Waals surface area (Å²) in [4.78, 5) is 0. The third-order valence-electron chi connectivity index (χ3n) is 3.42. The fourth-order valence-corrected chi connectivity index (χ4v) is 2.13. The first-order valence-corrected chi connectivity index (χ1v) is 7.73. The standard InChI is InChI=1S/C17H26N4/c1-5-6-7-14-8-10-15(11-9-14)21-16(13-19-20-21)12-18-17(2,3)4/h8-11,13,18H,5-7,12H2,1-4H3. The van der Waals surface area contributed by atoms with Gasteiger partial charge in [-0.25, -0.2) is 4.68 Å². The molecular weight excluding hydrogens is 260 g/mol. The Balaban J connectivity index is 2.09. The number of hydrogen-bond acceptors (Lipinski definition) is 3. The number of nitrogens with zero attached hydrogens (tertiary/aromatic N) is 3. The van der Waals surface area contributed by atoms with Crippen LogP contribution >= 0.6 is 0 Å². The Morgan fingerprint density at radius 2 is 1.86 bits per heavy atom. The largest absolute Gasteiger partial charge is 0.306 e. The predicted molar refractivity (Wildman–Crippen MR) is 86.6 cm³/mol. The Morgan fingerprint density at radius 3 is 2.48 bits per heavy atom. The van der Waals surface area contributed by atoms with Crippen molar-refractivity contribution < 1.29 is 0 Å². The van der Waals surface area contributed by atoms with Gasteiger partial charge in [-0.2, -0.15) is 0 Å². The van der Waals surface area contributed by atoms with Gasteiger partial charge in [0.2, 0.25) is 0 Å². The summed E-state index contributed by atoms with van der Waals surface area (Å²) in [5, 5.41) is 11.7. The third-order valence-corrected chi connectivity index (χ3v) is 3.42. The predicted octanol–water partition coefficient (Wildman–Crippen LogP) is 3.50. The molecule has 0 saturated carbocycles. The highest BCUT2D eigenvalue weighted by atomic mass is 15.4. The van der Waals surface area contributed by atoms with Crippen LogP contribution in [0, 0.1) is 0 Å². The van der Waals surface area contributed by atoms with Crippen LogP contribution < -0.4 is 5.32 Å². The molecular formula is C17H26N4. The molecule has 1 N–H and O–H groups in total. The van der Waals surface area contributed by atoms with Crippen LogP contribution in [0.2, 0.25) is 0 Å². The summed E-state index contributed by atoms with van der Waals surface area (Å²) in [6.45, 7) is 9.45. The summed E-state index contributed by atoms with van der Waals surface area (Å²) >= 11 is 0. The molecule has 0 radical (unpaired) electrons. The topological polar surface area (TPSA) is 42.7 Å². The minimum absolute atomic E-state index is 0.0825. The van der Waals surface area contributed by atoms with E-state index in [9.17, 15) is 0 Å². The maximum absolute atomic E-state index is 4.21. The highest BCUT2D eigenvalue weighted by Gasteiger charge is 2.12. The number of unbranched alkanes of at least 4 members (excludes halogenated alkanes) is 1. The van der Waals surface area contributed by atoms with Crippen molar-refractivity contribution in [3.63, 3.8) is 0 Å². The van der Waals surface area contributed by atoms with Gasteiger partial charge in [-0.15, -0.1) is 5.10 Å². The SMILES string of the molecule is CCCCc1ccc(-n2nncc2CNC(C)(C)C)cc1. The molecule has 114 valence electrons. The van der Waals surface area contributed by atoms with E-state index in [0.29, 0.717) is 0 Å². The van der Waals surface area contributed by atoms with Crippen LogP contribution in [0.25, 0.3) is 5.69 Å². The molecule has 0 aliphatic carbocycles. The Hall–Kier alpha value is -1.68. The average Bonchev–Trinajstić information content (AvgIpc) is 2.91. The molecule has 1 aromatic carbocycles. The minimum Gasteiger partial charge on any atom is -0.306 e. The zero-order chi connectivity index (χ0) is 15.3. The van der Waals surface area contributed by atoms with Gasteiger partial charge in [0.15, 0.2) is 0 Å². The minimum atomic E-state index is 0.0825. The second-order valence-corrected chi connectivity index (χ2v) is 6.51. The number of benzene rings is 1. The van der Waals surface area contributed by atoms with Gasteiger partial charge in [0.05, 0.1) is 17.6 Å². The van der Waals surface area contributed by atoms with Crippen molar-refractivity contribution in [2.75, 3.05) is 0 Å². The Morgan fingerprint density at radius 1 is 1.14 bits per heavy atom. The van der Waals surface area contributed by atoms with Crippen LogP contribution in [0.15, 0.2) is 30.5 Å². The van der Waals surface area contributed by atoms with E-state index in [2.05, 4.69) is 67.6 Å². The summed E-state index contributed by atoms with van der Waals surface area (Å²) < 4.78 is 1.91. The lowest BCUT2D eigenvalue weighted by Crippen LogP contribution is -2.35. The van der Waals surface area contributed by atoms with Crippen LogP contribution in [0.1, 0.15) is 51.8 Å². The second kappa shape index (κ2) is 6.85. The molecule has 0 bridgehead atoms. The molecule has 4 heteroatoms. The molecule has 0 atom stereocenters. The first kappa shape index (κ1) is 15.7. The molecule has 0 saturated heterocycles. The van der Waals surface area contributed by atoms with Crippen molar-refractivity contribution in [2.24, 2.45) is 0 Å². The van der Waals surface area contributed by atoms with Crippen LogP contribution in [-0.4, -0.2) is 20.5 Å². The van der Waals surface area contributed by atoms with Gasteiger partial charge in [0.25, 0.3) is 0 Å². The van der Waals surface area contributed by atoms with E-state index in [-0.39, 0.29) is 5.54 Å². The van der Waals surface area contributed by atoms with Crippen molar-refractivity contribution >= 4 is 0 Å². The average molecular weight is 286 g/mol. The maximum atomic E-state index is 4.21. The van der Waals surface area contributed by atoms with Crippen LogP contribution in [0.4, 0.5) is 0 Å². The Kier molecular flexibility index (Phi) is 5.12. The van der Waals surface area contributed by atoms with Crippen molar-refractivity contribution in [2.45, 2.75) is 59.0 Å². The summed E-state index contributed by atoms with van der Waals surface area (Å²) in [6.07, 6.45) is 5.44. The maximum Gasteiger partial charge on any atom is 0.0783 e. The number of rotatable bonds is 6. The molecule has 21 heavy (non-hydrogen) atoms. The lowest BCUT2D eigenvalue weighted by atomic mass is 10.1. The fraction of sp³-hybridized carbons (Fsp3) is 0.529. The van der Waals surface area contributed by atoms with Gasteiger partial charge in [0, 0.05) is 12.1 Å². The van der Waals surface area contributed by atoms with Crippen molar-refractivity contribution in [1.29, 1.82) is 0 Å². The quantitative estimate of drug-likeness (QED) is 0.884. The van der Waals surface area contributed by atoms with Crippen molar-refractivity contribution in [1.82, 2.24) is 20.3 Å². The second-order valence-electron chi connectivity index (χ2n) is 6.51. The lowest BCUT2D eigenvalue weighted by Gasteiger charge is -2.20. The number of hydrogen-bond donors (Lipinski definition) is 1. The number of aromatic nitrogens is 3. The molecule has 0 unspecified atom stereocenters. The molecule has 2 aromatic rings. The lowest BCUT2D eigenvalue weighted by molar-refractivity contribution is 0.418. The third kappa shape index (κ3) is 4.67. The smallest absolute Gasteiger partial charge is 0.0783 e. The first-order valence-electron chi connectivity index (χ1n) is 7.73. The highest BCUT2D eigenvalue weighted by molar-refractivity contribution is 5.35. The Bertz CT molecular complexity index is 549. The van der Waals surface area contributed by atoms with Gasteiger partial charge in [0.1, 0.15) is 0 Å². The molecule has 0 spiro atoms. The summed E-state index contributed by atoms with van der Waals surface area (Å²) in [5.74, 6) is 0. The zero-order valence-corrected chi connectivity index (χ0v) is 13.6. The first-order chi connectivity index (χ1) is 9.99. The van der Waals surface area contributed by atoms with Gasteiger partial charge in [-0.05, 0) is 51.3 Å². The van der Waals surface area contributed by atoms with Gasteiger partial charge >= 0.3 is 0 Å². The van der Waals surface area contributed by atoms with Crippen LogP contribution in [0.5, 0.6) is 0 Å². The highest BCUT2D eigenvalue weighted by Crippen LogP contribution is 2.13. The molecule has 0 aliphatic rings. The van der Waals surface area contributed by atoms with Crippen molar-refractivity contribution in [3.05, 3.63) is 41.7 Å². The van der Waals surface area contributed by atoms with E-state index >= 15 is 0 Å². The fourth-order valence-electron chi connectivity index (χ4n) is 2.13. The van der Waals surface area contributed by atoms with E-state index < -0.39 is 0 Å². The van der Waals surface area contributed by atoms with Crippen LogP contribution in [-0.2, 0) is 13.0 Å². The van der Waals surface area contributed by atoms with E-state index in [4.69, 9.17) is 0 Å². The Labute approximate surface area is 127 Å². The molecule has 0 amide bonds. The van der Waals surface area contributed by atoms with E-state index in [1.807, 2.05) is 10.9 Å². The van der Waals surface area contributed by atoms with E-state index in [0.717, 1.165) is 24.3 Å². The molecule has 4 nitrogen and oxygen atoms in total. The molecule has 2 rings (SSSR count). The number of aryl methyl sites for hydroxylation is 1. The van der Waals surface area contributed by atoms with Crippen LogP contribution in [0.3, 0.4) is 0 Å². The zero-order valence-electron chi connectivity index (χ0n) is 13.6. The molecule has 0 fully saturated rings. The monoisotopic (exact) mass is 286 g/mol. The van der Waals surface area contributed by atoms with E-state index in [1.54, 1.807) is 0 Å².